The lowest BCUT2D eigenvalue weighted by Crippen LogP contribution is -2.02. The molecule has 0 aromatic rings. The molecule has 1 saturated carbocycles. The molecule has 2 atom stereocenters. The van der Waals surface area contributed by atoms with Crippen LogP contribution in [0.2, 0.25) is 0 Å². The molecular weight excluding hydrogens is 108 g/mol. The van der Waals surface area contributed by atoms with Crippen LogP contribution in [-0.4, -0.2) is 0 Å². The lowest BCUT2D eigenvalue weighted by Gasteiger charge is -2.12. The third-order valence-electron chi connectivity index (χ3n) is 2.68. The van der Waals surface area contributed by atoms with Crippen molar-refractivity contribution in [2.45, 2.75) is 40.0 Å². The average Bonchev–Trinajstić information content (AvgIpc) is 2.14. The largest absolute Gasteiger partial charge is 0.0625 e. The van der Waals surface area contributed by atoms with E-state index in [9.17, 15) is 0 Å². The molecular formula is C9H18. The SMILES string of the molecule is CC(C)C1CC[C@@H](C)C1. The van der Waals surface area contributed by atoms with Crippen LogP contribution in [0.1, 0.15) is 40.0 Å². The van der Waals surface area contributed by atoms with Crippen LogP contribution in [0.15, 0.2) is 0 Å². The smallest absolute Gasteiger partial charge is 0.0388 e. The van der Waals surface area contributed by atoms with Gasteiger partial charge in [-0.2, -0.15) is 0 Å². The summed E-state index contributed by atoms with van der Waals surface area (Å²) in [6.07, 6.45) is 4.44. The first-order valence-corrected chi connectivity index (χ1v) is 4.20. The maximum absolute atomic E-state index is 2.38. The molecule has 1 unspecified atom stereocenters. The van der Waals surface area contributed by atoms with Gasteiger partial charge in [-0.1, -0.05) is 27.2 Å². The molecule has 0 saturated heterocycles. The zero-order valence-electron chi connectivity index (χ0n) is 6.85. The van der Waals surface area contributed by atoms with Crippen molar-refractivity contribution >= 4 is 0 Å². The van der Waals surface area contributed by atoms with Gasteiger partial charge < -0.3 is 0 Å². The molecule has 1 fully saturated rings. The molecule has 0 nitrogen and oxygen atoms in total. The second-order valence-electron chi connectivity index (χ2n) is 3.92. The van der Waals surface area contributed by atoms with E-state index in [0.717, 1.165) is 17.8 Å². The Balaban J connectivity index is 2.30. The van der Waals surface area contributed by atoms with Crippen LogP contribution < -0.4 is 0 Å². The van der Waals surface area contributed by atoms with Crippen molar-refractivity contribution in [1.82, 2.24) is 0 Å². The highest BCUT2D eigenvalue weighted by Crippen LogP contribution is 2.34. The van der Waals surface area contributed by atoms with Gasteiger partial charge in [-0.25, -0.2) is 0 Å². The molecule has 1 aliphatic rings. The minimum absolute atomic E-state index is 0.926. The summed E-state index contributed by atoms with van der Waals surface area (Å²) < 4.78 is 0. The van der Waals surface area contributed by atoms with Gasteiger partial charge in [-0.3, -0.25) is 0 Å². The van der Waals surface area contributed by atoms with Crippen molar-refractivity contribution < 1.29 is 0 Å². The standard InChI is InChI=1S/C9H18/c1-7(2)9-5-4-8(3)6-9/h7-9H,4-6H2,1-3H3/t8-,9?/m1/s1. The van der Waals surface area contributed by atoms with Crippen LogP contribution in [0.3, 0.4) is 0 Å². The quantitative estimate of drug-likeness (QED) is 0.506. The molecule has 0 amide bonds. The van der Waals surface area contributed by atoms with Gasteiger partial charge in [0.25, 0.3) is 0 Å². The molecule has 0 heterocycles. The molecule has 1 rings (SSSR count). The van der Waals surface area contributed by atoms with Crippen LogP contribution in [0.25, 0.3) is 0 Å². The monoisotopic (exact) mass is 126 g/mol. The maximum Gasteiger partial charge on any atom is -0.0388 e. The van der Waals surface area contributed by atoms with E-state index in [0.29, 0.717) is 0 Å². The fraction of sp³-hybridized carbons (Fsp3) is 1.00. The molecule has 0 radical (unpaired) electrons. The first kappa shape index (κ1) is 7.11. The number of hydrogen-bond acceptors (Lipinski definition) is 0. The predicted molar refractivity (Wildman–Crippen MR) is 41.3 cm³/mol. The van der Waals surface area contributed by atoms with E-state index in [1.165, 1.54) is 19.3 Å². The number of hydrogen-bond donors (Lipinski definition) is 0. The second-order valence-corrected chi connectivity index (χ2v) is 3.92. The highest BCUT2D eigenvalue weighted by Gasteiger charge is 2.23. The third kappa shape index (κ3) is 1.70. The van der Waals surface area contributed by atoms with Gasteiger partial charge in [0.2, 0.25) is 0 Å². The molecule has 0 aromatic carbocycles. The minimum Gasteiger partial charge on any atom is -0.0625 e. The lowest BCUT2D eigenvalue weighted by atomic mass is 9.94. The Morgan fingerprint density at radius 1 is 1.22 bits per heavy atom. The molecule has 0 bridgehead atoms. The minimum atomic E-state index is 0.926. The van der Waals surface area contributed by atoms with Crippen molar-refractivity contribution in [2.24, 2.45) is 17.8 Å². The molecule has 0 N–H and O–H groups in total. The Labute approximate surface area is 58.7 Å². The summed E-state index contributed by atoms with van der Waals surface area (Å²) in [6.45, 7) is 7.08. The first-order chi connectivity index (χ1) is 4.20. The normalized spacial score (nSPS) is 36.0. The first-order valence-electron chi connectivity index (χ1n) is 4.20. The van der Waals surface area contributed by atoms with E-state index in [1.807, 2.05) is 0 Å². The van der Waals surface area contributed by atoms with Gasteiger partial charge in [0.15, 0.2) is 0 Å². The fourth-order valence-electron chi connectivity index (χ4n) is 1.86. The molecule has 9 heavy (non-hydrogen) atoms. The van der Waals surface area contributed by atoms with Gasteiger partial charge >= 0.3 is 0 Å². The summed E-state index contributed by atoms with van der Waals surface area (Å²) >= 11 is 0. The van der Waals surface area contributed by atoms with Crippen molar-refractivity contribution in [1.29, 1.82) is 0 Å². The van der Waals surface area contributed by atoms with Crippen molar-refractivity contribution in [3.8, 4) is 0 Å². The van der Waals surface area contributed by atoms with E-state index in [2.05, 4.69) is 20.8 Å². The molecule has 1 aliphatic carbocycles. The van der Waals surface area contributed by atoms with Crippen LogP contribution in [0.5, 0.6) is 0 Å². The molecule has 0 aliphatic heterocycles. The molecule has 54 valence electrons. The maximum atomic E-state index is 2.38. The van der Waals surface area contributed by atoms with E-state index in [-0.39, 0.29) is 0 Å². The highest BCUT2D eigenvalue weighted by molar-refractivity contribution is 4.74. The van der Waals surface area contributed by atoms with Crippen molar-refractivity contribution in [2.75, 3.05) is 0 Å². The Morgan fingerprint density at radius 3 is 2.11 bits per heavy atom. The van der Waals surface area contributed by atoms with Gasteiger partial charge in [-0.05, 0) is 30.6 Å². The van der Waals surface area contributed by atoms with Gasteiger partial charge in [0, 0.05) is 0 Å². The van der Waals surface area contributed by atoms with Crippen molar-refractivity contribution in [3.05, 3.63) is 0 Å². The van der Waals surface area contributed by atoms with Crippen LogP contribution in [-0.2, 0) is 0 Å². The average molecular weight is 126 g/mol. The zero-order chi connectivity index (χ0) is 6.85. The predicted octanol–water partition coefficient (Wildman–Crippen LogP) is 3.08. The van der Waals surface area contributed by atoms with Gasteiger partial charge in [0.1, 0.15) is 0 Å². The van der Waals surface area contributed by atoms with Crippen LogP contribution >= 0.6 is 0 Å². The van der Waals surface area contributed by atoms with E-state index in [4.69, 9.17) is 0 Å². The summed E-state index contributed by atoms with van der Waals surface area (Å²) in [4.78, 5) is 0. The topological polar surface area (TPSA) is 0 Å². The Bertz CT molecular complexity index is 84.0. The van der Waals surface area contributed by atoms with E-state index in [1.54, 1.807) is 0 Å². The van der Waals surface area contributed by atoms with Crippen LogP contribution in [0, 0.1) is 17.8 Å². The number of rotatable bonds is 1. The summed E-state index contributed by atoms with van der Waals surface area (Å²) in [5, 5.41) is 0. The Kier molecular flexibility index (Phi) is 2.15. The molecule has 0 spiro atoms. The molecule has 0 heteroatoms. The summed E-state index contributed by atoms with van der Waals surface area (Å²) in [5.41, 5.74) is 0. The zero-order valence-corrected chi connectivity index (χ0v) is 6.85. The summed E-state index contributed by atoms with van der Waals surface area (Å²) in [5.74, 6) is 2.98. The summed E-state index contributed by atoms with van der Waals surface area (Å²) in [6, 6.07) is 0. The third-order valence-corrected chi connectivity index (χ3v) is 2.68. The second kappa shape index (κ2) is 2.72. The Hall–Kier alpha value is 0. The fourth-order valence-corrected chi connectivity index (χ4v) is 1.86. The highest BCUT2D eigenvalue weighted by atomic mass is 14.3. The van der Waals surface area contributed by atoms with Gasteiger partial charge in [0.05, 0.1) is 0 Å². The summed E-state index contributed by atoms with van der Waals surface area (Å²) in [7, 11) is 0. The Morgan fingerprint density at radius 2 is 1.89 bits per heavy atom. The van der Waals surface area contributed by atoms with Crippen LogP contribution in [0.4, 0.5) is 0 Å². The van der Waals surface area contributed by atoms with Crippen molar-refractivity contribution in [3.63, 3.8) is 0 Å². The molecule has 0 aromatic heterocycles. The van der Waals surface area contributed by atoms with Gasteiger partial charge in [-0.15, -0.1) is 0 Å². The van der Waals surface area contributed by atoms with E-state index < -0.39 is 0 Å². The van der Waals surface area contributed by atoms with E-state index >= 15 is 0 Å². The lowest BCUT2D eigenvalue weighted by molar-refractivity contribution is 0.384.